The van der Waals surface area contributed by atoms with Crippen LogP contribution < -0.4 is 11.1 Å². The first-order valence-corrected chi connectivity index (χ1v) is 5.30. The van der Waals surface area contributed by atoms with E-state index in [4.69, 9.17) is 10.2 Å². The molecule has 0 radical (unpaired) electrons. The molecule has 1 saturated carbocycles. The molecular weight excluding hydrogens is 176 g/mol. The molecule has 3 heteroatoms. The molecule has 2 unspecified atom stereocenters. The summed E-state index contributed by atoms with van der Waals surface area (Å²) in [6, 6.07) is 5.17. The van der Waals surface area contributed by atoms with Crippen LogP contribution in [0.1, 0.15) is 38.0 Å². The van der Waals surface area contributed by atoms with Crippen LogP contribution in [0.15, 0.2) is 22.8 Å². The smallest absolute Gasteiger partial charge is 0.120 e. The lowest BCUT2D eigenvalue weighted by Gasteiger charge is -2.17. The number of hydrogen-bond donors (Lipinski definition) is 2. The van der Waals surface area contributed by atoms with Crippen molar-refractivity contribution in [1.29, 1.82) is 0 Å². The molecule has 1 fully saturated rings. The monoisotopic (exact) mass is 194 g/mol. The summed E-state index contributed by atoms with van der Waals surface area (Å²) in [5, 5.41) is 3.54. The summed E-state index contributed by atoms with van der Waals surface area (Å²) in [5.41, 5.74) is 5.86. The number of nitrogens with one attached hydrogen (secondary N) is 1. The number of nitrogens with two attached hydrogens (primary N) is 1. The maximum absolute atomic E-state index is 5.86. The van der Waals surface area contributed by atoms with Crippen molar-refractivity contribution in [2.24, 2.45) is 5.73 Å². The molecule has 78 valence electrons. The van der Waals surface area contributed by atoms with E-state index in [1.54, 1.807) is 6.26 Å². The quantitative estimate of drug-likeness (QED) is 0.771. The lowest BCUT2D eigenvalue weighted by molar-refractivity contribution is 0.388. The van der Waals surface area contributed by atoms with Gasteiger partial charge in [-0.1, -0.05) is 0 Å². The first-order chi connectivity index (χ1) is 6.75. The molecule has 0 aromatic carbocycles. The first kappa shape index (κ1) is 9.74. The minimum Gasteiger partial charge on any atom is -0.468 e. The zero-order chi connectivity index (χ0) is 9.97. The van der Waals surface area contributed by atoms with Crippen molar-refractivity contribution >= 4 is 0 Å². The summed E-state index contributed by atoms with van der Waals surface area (Å²) in [6.45, 7) is 2.13. The van der Waals surface area contributed by atoms with Crippen LogP contribution in [0.4, 0.5) is 0 Å². The van der Waals surface area contributed by atoms with Gasteiger partial charge >= 0.3 is 0 Å². The lowest BCUT2D eigenvalue weighted by atomic mass is 10.2. The van der Waals surface area contributed by atoms with Crippen molar-refractivity contribution in [3.63, 3.8) is 0 Å². The Morgan fingerprint density at radius 1 is 1.57 bits per heavy atom. The van der Waals surface area contributed by atoms with Crippen LogP contribution in [0.2, 0.25) is 0 Å². The van der Waals surface area contributed by atoms with Crippen molar-refractivity contribution in [1.82, 2.24) is 5.32 Å². The Bertz CT molecular complexity index is 271. The number of furan rings is 1. The largest absolute Gasteiger partial charge is 0.468 e. The minimum absolute atomic E-state index is 0.292. The Morgan fingerprint density at radius 3 is 3.00 bits per heavy atom. The van der Waals surface area contributed by atoms with Gasteiger partial charge in [-0.3, -0.25) is 0 Å². The molecule has 1 aromatic heterocycles. The topological polar surface area (TPSA) is 51.2 Å². The number of rotatable bonds is 3. The highest BCUT2D eigenvalue weighted by molar-refractivity contribution is 5.03. The fourth-order valence-corrected chi connectivity index (χ4v) is 2.14. The van der Waals surface area contributed by atoms with Crippen molar-refractivity contribution in [2.45, 2.75) is 44.3 Å². The molecule has 0 amide bonds. The van der Waals surface area contributed by atoms with E-state index in [9.17, 15) is 0 Å². The van der Waals surface area contributed by atoms with Gasteiger partial charge in [0.25, 0.3) is 0 Å². The first-order valence-electron chi connectivity index (χ1n) is 5.30. The van der Waals surface area contributed by atoms with E-state index in [2.05, 4.69) is 12.2 Å². The standard InChI is InChI=1S/C11H18N2O/c1-8(11-3-2-6-14-11)13-10-5-4-9(12)7-10/h2-3,6,8-10,13H,4-5,7,12H2,1H3/t8-,9?,10?/m0/s1. The summed E-state index contributed by atoms with van der Waals surface area (Å²) in [7, 11) is 0. The molecule has 1 aliphatic rings. The summed E-state index contributed by atoms with van der Waals surface area (Å²) < 4.78 is 5.34. The van der Waals surface area contributed by atoms with E-state index in [0.29, 0.717) is 18.1 Å². The molecular formula is C11H18N2O. The second kappa shape index (κ2) is 4.15. The van der Waals surface area contributed by atoms with Gasteiger partial charge in [-0.25, -0.2) is 0 Å². The van der Waals surface area contributed by atoms with Crippen LogP contribution in [0, 0.1) is 0 Å². The highest BCUT2D eigenvalue weighted by atomic mass is 16.3. The Labute approximate surface area is 84.7 Å². The van der Waals surface area contributed by atoms with Gasteiger partial charge in [0.1, 0.15) is 5.76 Å². The molecule has 0 bridgehead atoms. The van der Waals surface area contributed by atoms with Gasteiger partial charge in [-0.15, -0.1) is 0 Å². The highest BCUT2D eigenvalue weighted by Gasteiger charge is 2.23. The third-order valence-electron chi connectivity index (χ3n) is 2.93. The molecule has 1 heterocycles. The lowest BCUT2D eigenvalue weighted by Crippen LogP contribution is -2.30. The zero-order valence-electron chi connectivity index (χ0n) is 8.57. The Balaban J connectivity index is 1.86. The van der Waals surface area contributed by atoms with Gasteiger partial charge in [0.05, 0.1) is 12.3 Å². The molecule has 2 rings (SSSR count). The van der Waals surface area contributed by atoms with E-state index in [-0.39, 0.29) is 0 Å². The van der Waals surface area contributed by atoms with E-state index < -0.39 is 0 Å². The van der Waals surface area contributed by atoms with Gasteiger partial charge < -0.3 is 15.5 Å². The third-order valence-corrected chi connectivity index (χ3v) is 2.93. The normalized spacial score (nSPS) is 29.3. The van der Waals surface area contributed by atoms with Gasteiger partial charge in [0, 0.05) is 12.1 Å². The number of hydrogen-bond acceptors (Lipinski definition) is 3. The summed E-state index contributed by atoms with van der Waals surface area (Å²) in [6.07, 6.45) is 5.13. The van der Waals surface area contributed by atoms with Crippen molar-refractivity contribution in [3.05, 3.63) is 24.2 Å². The Kier molecular flexibility index (Phi) is 2.89. The van der Waals surface area contributed by atoms with Crippen LogP contribution in [0.25, 0.3) is 0 Å². The predicted octanol–water partition coefficient (Wildman–Crippen LogP) is 1.81. The van der Waals surface area contributed by atoms with Crippen molar-refractivity contribution in [2.75, 3.05) is 0 Å². The fraction of sp³-hybridized carbons (Fsp3) is 0.636. The molecule has 3 atom stereocenters. The molecule has 0 aliphatic heterocycles. The Hall–Kier alpha value is -0.800. The van der Waals surface area contributed by atoms with Crippen molar-refractivity contribution < 1.29 is 4.42 Å². The minimum atomic E-state index is 0.292. The van der Waals surface area contributed by atoms with Gasteiger partial charge in [0.2, 0.25) is 0 Å². The van der Waals surface area contributed by atoms with Crippen LogP contribution in [0.5, 0.6) is 0 Å². The summed E-state index contributed by atoms with van der Waals surface area (Å²) in [4.78, 5) is 0. The maximum Gasteiger partial charge on any atom is 0.120 e. The summed E-state index contributed by atoms with van der Waals surface area (Å²) in [5.74, 6) is 1.01. The van der Waals surface area contributed by atoms with Crippen LogP contribution in [0.3, 0.4) is 0 Å². The van der Waals surface area contributed by atoms with Gasteiger partial charge in [0.15, 0.2) is 0 Å². The van der Waals surface area contributed by atoms with Crippen LogP contribution in [-0.4, -0.2) is 12.1 Å². The molecule has 14 heavy (non-hydrogen) atoms. The van der Waals surface area contributed by atoms with Gasteiger partial charge in [-0.05, 0) is 38.3 Å². The predicted molar refractivity (Wildman–Crippen MR) is 55.9 cm³/mol. The Morgan fingerprint density at radius 2 is 2.43 bits per heavy atom. The average Bonchev–Trinajstić information content (AvgIpc) is 2.75. The molecule has 1 aliphatic carbocycles. The second-order valence-corrected chi connectivity index (χ2v) is 4.17. The average molecular weight is 194 g/mol. The van der Waals surface area contributed by atoms with Crippen molar-refractivity contribution in [3.8, 4) is 0 Å². The highest BCUT2D eigenvalue weighted by Crippen LogP contribution is 2.21. The molecule has 3 nitrogen and oxygen atoms in total. The maximum atomic E-state index is 5.86. The molecule has 0 spiro atoms. The second-order valence-electron chi connectivity index (χ2n) is 4.17. The molecule has 1 aromatic rings. The molecule has 0 saturated heterocycles. The van der Waals surface area contributed by atoms with E-state index in [1.165, 1.54) is 6.42 Å². The van der Waals surface area contributed by atoms with E-state index in [1.807, 2.05) is 12.1 Å². The van der Waals surface area contributed by atoms with Gasteiger partial charge in [-0.2, -0.15) is 0 Å². The van der Waals surface area contributed by atoms with E-state index >= 15 is 0 Å². The molecule has 3 N–H and O–H groups in total. The van der Waals surface area contributed by atoms with E-state index in [0.717, 1.165) is 18.6 Å². The van der Waals surface area contributed by atoms with Crippen LogP contribution in [-0.2, 0) is 0 Å². The fourth-order valence-electron chi connectivity index (χ4n) is 2.14. The summed E-state index contributed by atoms with van der Waals surface area (Å²) >= 11 is 0. The SMILES string of the molecule is C[C@H](NC1CCC(N)C1)c1ccco1. The third kappa shape index (κ3) is 2.16. The zero-order valence-corrected chi connectivity index (χ0v) is 8.57. The van der Waals surface area contributed by atoms with Crippen LogP contribution >= 0.6 is 0 Å².